The van der Waals surface area contributed by atoms with Crippen LogP contribution in [0, 0.1) is 5.82 Å². The van der Waals surface area contributed by atoms with Gasteiger partial charge >= 0.3 is 0 Å². The number of fused-ring (bicyclic) bond motifs is 1. The van der Waals surface area contributed by atoms with E-state index in [4.69, 9.17) is 16.3 Å². The minimum Gasteiger partial charge on any atom is -0.484 e. The molecule has 2 aromatic carbocycles. The largest absolute Gasteiger partial charge is 0.484 e. The first-order chi connectivity index (χ1) is 11.9. The van der Waals surface area contributed by atoms with Gasteiger partial charge in [-0.1, -0.05) is 11.6 Å². The van der Waals surface area contributed by atoms with Crippen molar-refractivity contribution >= 4 is 35.0 Å². The number of rotatable bonds is 4. The van der Waals surface area contributed by atoms with Crippen molar-refractivity contribution in [3.05, 3.63) is 58.4 Å². The highest BCUT2D eigenvalue weighted by atomic mass is 35.5. The van der Waals surface area contributed by atoms with Crippen LogP contribution in [0.15, 0.2) is 36.4 Å². The Labute approximate surface area is 147 Å². The van der Waals surface area contributed by atoms with E-state index in [2.05, 4.69) is 5.32 Å². The van der Waals surface area contributed by atoms with Gasteiger partial charge in [-0.25, -0.2) is 4.39 Å². The second-order valence-corrected chi connectivity index (χ2v) is 5.75. The van der Waals surface area contributed by atoms with Gasteiger partial charge in [0.25, 0.3) is 17.7 Å². The van der Waals surface area contributed by atoms with Gasteiger partial charge in [-0.15, -0.1) is 0 Å². The molecule has 25 heavy (non-hydrogen) atoms. The van der Waals surface area contributed by atoms with E-state index >= 15 is 0 Å². The molecule has 0 unspecified atom stereocenters. The average molecular weight is 363 g/mol. The highest BCUT2D eigenvalue weighted by Gasteiger charge is 2.32. The summed E-state index contributed by atoms with van der Waals surface area (Å²) in [5, 5.41) is 2.46. The Morgan fingerprint density at radius 1 is 1.16 bits per heavy atom. The van der Waals surface area contributed by atoms with E-state index in [0.717, 1.165) is 11.0 Å². The van der Waals surface area contributed by atoms with Gasteiger partial charge in [-0.05, 0) is 30.3 Å². The quantitative estimate of drug-likeness (QED) is 0.848. The lowest BCUT2D eigenvalue weighted by molar-refractivity contribution is -0.118. The lowest BCUT2D eigenvalue weighted by Crippen LogP contribution is -2.24. The SMILES string of the molecule is CN1C(=O)c2ccc(NC(=O)COc3ccc(F)c(Cl)c3)cc2C1=O. The summed E-state index contributed by atoms with van der Waals surface area (Å²) in [6.45, 7) is -0.328. The van der Waals surface area contributed by atoms with Crippen molar-refractivity contribution in [2.45, 2.75) is 0 Å². The van der Waals surface area contributed by atoms with Crippen LogP contribution >= 0.6 is 11.6 Å². The van der Waals surface area contributed by atoms with Crippen LogP contribution in [-0.2, 0) is 4.79 Å². The fourth-order valence-electron chi connectivity index (χ4n) is 2.35. The van der Waals surface area contributed by atoms with Crippen LogP contribution in [-0.4, -0.2) is 36.3 Å². The van der Waals surface area contributed by atoms with E-state index in [1.807, 2.05) is 0 Å². The van der Waals surface area contributed by atoms with Crippen LogP contribution in [0.25, 0.3) is 0 Å². The third-order valence-corrected chi connectivity index (χ3v) is 3.92. The van der Waals surface area contributed by atoms with Crippen molar-refractivity contribution in [3.8, 4) is 5.75 Å². The second-order valence-electron chi connectivity index (χ2n) is 5.34. The normalized spacial score (nSPS) is 13.0. The van der Waals surface area contributed by atoms with Crippen molar-refractivity contribution in [1.82, 2.24) is 4.90 Å². The van der Waals surface area contributed by atoms with Crippen molar-refractivity contribution in [2.75, 3.05) is 19.0 Å². The molecule has 8 heteroatoms. The van der Waals surface area contributed by atoms with Crippen LogP contribution in [0.3, 0.4) is 0 Å². The fourth-order valence-corrected chi connectivity index (χ4v) is 2.52. The molecular formula is C17H12ClFN2O4. The summed E-state index contributed by atoms with van der Waals surface area (Å²) in [5.41, 5.74) is 0.889. The lowest BCUT2D eigenvalue weighted by atomic mass is 10.1. The van der Waals surface area contributed by atoms with E-state index in [9.17, 15) is 18.8 Å². The molecule has 0 radical (unpaired) electrons. The number of ether oxygens (including phenoxy) is 1. The number of anilines is 1. The van der Waals surface area contributed by atoms with Gasteiger partial charge in [0.05, 0.1) is 16.1 Å². The number of nitrogens with one attached hydrogen (secondary N) is 1. The fraction of sp³-hybridized carbons (Fsp3) is 0.118. The number of amides is 3. The van der Waals surface area contributed by atoms with Crippen LogP contribution < -0.4 is 10.1 Å². The standard InChI is InChI=1S/C17H12ClFN2O4/c1-21-16(23)11-4-2-9(6-12(11)17(21)24)20-15(22)8-25-10-3-5-14(19)13(18)7-10/h2-7H,8H2,1H3,(H,20,22). The molecule has 0 fully saturated rings. The Balaban J connectivity index is 1.65. The zero-order valence-electron chi connectivity index (χ0n) is 13.0. The third-order valence-electron chi connectivity index (χ3n) is 3.63. The topological polar surface area (TPSA) is 75.7 Å². The van der Waals surface area contributed by atoms with Gasteiger partial charge in [-0.2, -0.15) is 0 Å². The van der Waals surface area contributed by atoms with Gasteiger partial charge in [-0.3, -0.25) is 19.3 Å². The number of benzene rings is 2. The smallest absolute Gasteiger partial charge is 0.262 e. The van der Waals surface area contributed by atoms with Crippen molar-refractivity contribution < 1.29 is 23.5 Å². The minimum absolute atomic E-state index is 0.108. The summed E-state index contributed by atoms with van der Waals surface area (Å²) in [7, 11) is 1.39. The highest BCUT2D eigenvalue weighted by Crippen LogP contribution is 2.25. The zero-order valence-corrected chi connectivity index (χ0v) is 13.8. The molecule has 1 aliphatic rings. The Morgan fingerprint density at radius 3 is 2.60 bits per heavy atom. The van der Waals surface area contributed by atoms with Crippen molar-refractivity contribution in [3.63, 3.8) is 0 Å². The number of hydrogen-bond acceptors (Lipinski definition) is 4. The maximum absolute atomic E-state index is 13.1. The van der Waals surface area contributed by atoms with Crippen LogP contribution in [0.4, 0.5) is 10.1 Å². The van der Waals surface area contributed by atoms with Crippen LogP contribution in [0.1, 0.15) is 20.7 Å². The highest BCUT2D eigenvalue weighted by molar-refractivity contribution is 6.30. The van der Waals surface area contributed by atoms with Gasteiger partial charge in [0, 0.05) is 18.8 Å². The first kappa shape index (κ1) is 16.9. The van der Waals surface area contributed by atoms with Crippen molar-refractivity contribution in [2.24, 2.45) is 0 Å². The molecule has 0 saturated heterocycles. The molecule has 3 rings (SSSR count). The molecular weight excluding hydrogens is 351 g/mol. The molecule has 6 nitrogen and oxygen atoms in total. The van der Waals surface area contributed by atoms with Crippen molar-refractivity contribution in [1.29, 1.82) is 0 Å². The zero-order chi connectivity index (χ0) is 18.1. The molecule has 0 saturated carbocycles. The Morgan fingerprint density at radius 2 is 1.88 bits per heavy atom. The molecule has 3 amide bonds. The predicted octanol–water partition coefficient (Wildman–Crippen LogP) is 2.72. The Kier molecular flexibility index (Phi) is 4.41. The van der Waals surface area contributed by atoms with Gasteiger partial charge < -0.3 is 10.1 Å². The summed E-state index contributed by atoms with van der Waals surface area (Å²) in [4.78, 5) is 36.7. The van der Waals surface area contributed by atoms with E-state index in [1.165, 1.54) is 37.4 Å². The third kappa shape index (κ3) is 3.32. The van der Waals surface area contributed by atoms with Gasteiger partial charge in [0.15, 0.2) is 6.61 Å². The Bertz CT molecular complexity index is 900. The van der Waals surface area contributed by atoms with E-state index < -0.39 is 17.6 Å². The second kappa shape index (κ2) is 6.52. The summed E-state index contributed by atoms with van der Waals surface area (Å²) < 4.78 is 18.3. The predicted molar refractivity (Wildman–Crippen MR) is 88.4 cm³/mol. The lowest BCUT2D eigenvalue weighted by Gasteiger charge is -2.08. The minimum atomic E-state index is -0.583. The Hall–Kier alpha value is -2.93. The summed E-state index contributed by atoms with van der Waals surface area (Å²) >= 11 is 5.63. The van der Waals surface area contributed by atoms with Gasteiger partial charge in [0.1, 0.15) is 11.6 Å². The molecule has 2 aromatic rings. The van der Waals surface area contributed by atoms with Gasteiger partial charge in [0.2, 0.25) is 0 Å². The molecule has 0 atom stereocenters. The number of imide groups is 1. The van der Waals surface area contributed by atoms with E-state index in [1.54, 1.807) is 0 Å². The summed E-state index contributed by atoms with van der Waals surface area (Å²) in [5.74, 6) is -1.62. The number of carbonyl (C=O) groups excluding carboxylic acids is 3. The molecule has 0 aromatic heterocycles. The molecule has 1 aliphatic heterocycles. The monoisotopic (exact) mass is 362 g/mol. The van der Waals surface area contributed by atoms with E-state index in [0.29, 0.717) is 11.3 Å². The number of nitrogens with zero attached hydrogens (tertiary/aromatic N) is 1. The molecule has 1 N–H and O–H groups in total. The van der Waals surface area contributed by atoms with Crippen LogP contribution in [0.2, 0.25) is 5.02 Å². The van der Waals surface area contributed by atoms with E-state index in [-0.39, 0.29) is 28.8 Å². The molecule has 128 valence electrons. The summed E-state index contributed by atoms with van der Waals surface area (Å²) in [6.07, 6.45) is 0. The maximum atomic E-state index is 13.1. The van der Waals surface area contributed by atoms with Crippen LogP contribution in [0.5, 0.6) is 5.75 Å². The molecule has 0 spiro atoms. The average Bonchev–Trinajstić information content (AvgIpc) is 2.80. The number of halogens is 2. The summed E-state index contributed by atoms with van der Waals surface area (Å²) in [6, 6.07) is 8.19. The maximum Gasteiger partial charge on any atom is 0.262 e. The number of carbonyl (C=O) groups is 3. The molecule has 1 heterocycles. The first-order valence-electron chi connectivity index (χ1n) is 7.21. The number of hydrogen-bond donors (Lipinski definition) is 1. The molecule has 0 bridgehead atoms. The molecule has 0 aliphatic carbocycles. The first-order valence-corrected chi connectivity index (χ1v) is 7.59.